The van der Waals surface area contributed by atoms with Gasteiger partial charge in [0.1, 0.15) is 4.21 Å². The van der Waals surface area contributed by atoms with Crippen molar-refractivity contribution in [1.82, 2.24) is 4.31 Å². The second kappa shape index (κ2) is 5.88. The van der Waals surface area contributed by atoms with Gasteiger partial charge in [-0.05, 0) is 25.5 Å². The second-order valence-corrected chi connectivity index (χ2v) is 7.86. The van der Waals surface area contributed by atoms with Crippen molar-refractivity contribution in [3.63, 3.8) is 0 Å². The Hall–Kier alpha value is -0.140. The Bertz CT molecular complexity index is 500. The number of rotatable bonds is 4. The van der Waals surface area contributed by atoms with E-state index in [0.29, 0.717) is 36.3 Å². The number of alkyl halides is 1. The second-order valence-electron chi connectivity index (χ2n) is 4.20. The van der Waals surface area contributed by atoms with E-state index in [1.807, 2.05) is 13.0 Å². The highest BCUT2D eigenvalue weighted by molar-refractivity contribution is 7.91. The number of hydrogen-bond acceptors (Lipinski definition) is 4. The molecule has 4 nitrogen and oxygen atoms in total. The van der Waals surface area contributed by atoms with Gasteiger partial charge >= 0.3 is 0 Å². The van der Waals surface area contributed by atoms with Gasteiger partial charge in [0, 0.05) is 23.3 Å². The van der Waals surface area contributed by atoms with Crippen molar-refractivity contribution in [3.8, 4) is 0 Å². The third kappa shape index (κ3) is 2.88. The minimum atomic E-state index is -3.38. The quantitative estimate of drug-likeness (QED) is 0.799. The molecule has 1 fully saturated rings. The molecule has 2 heterocycles. The number of halogens is 1. The van der Waals surface area contributed by atoms with Crippen molar-refractivity contribution in [2.45, 2.75) is 23.6 Å². The zero-order valence-corrected chi connectivity index (χ0v) is 12.5. The summed E-state index contributed by atoms with van der Waals surface area (Å²) < 4.78 is 32.1. The maximum atomic E-state index is 12.5. The fourth-order valence-corrected chi connectivity index (χ4v) is 5.31. The van der Waals surface area contributed by atoms with Crippen LogP contribution in [-0.2, 0) is 21.2 Å². The third-order valence-electron chi connectivity index (χ3n) is 2.85. The van der Waals surface area contributed by atoms with Crippen molar-refractivity contribution in [2.24, 2.45) is 0 Å². The molecular formula is C11H16ClNO3S2. The smallest absolute Gasteiger partial charge is 0.252 e. The van der Waals surface area contributed by atoms with Gasteiger partial charge in [0.05, 0.1) is 13.2 Å². The lowest BCUT2D eigenvalue weighted by molar-refractivity contribution is 0.0393. The molecule has 18 heavy (non-hydrogen) atoms. The van der Waals surface area contributed by atoms with Crippen LogP contribution >= 0.6 is 22.9 Å². The van der Waals surface area contributed by atoms with Crippen LogP contribution in [0.3, 0.4) is 0 Å². The molecule has 0 spiro atoms. The molecule has 2 rings (SSSR count). The largest absolute Gasteiger partial charge is 0.378 e. The molecule has 1 aliphatic rings. The number of aryl methyl sites for hydroxylation is 1. The van der Waals surface area contributed by atoms with Crippen LogP contribution in [0.4, 0.5) is 0 Å². The molecule has 102 valence electrons. The lowest BCUT2D eigenvalue weighted by Gasteiger charge is -2.31. The Labute approximate surface area is 117 Å². The van der Waals surface area contributed by atoms with E-state index in [-0.39, 0.29) is 6.04 Å². The van der Waals surface area contributed by atoms with Crippen LogP contribution in [0.2, 0.25) is 0 Å². The summed E-state index contributed by atoms with van der Waals surface area (Å²) in [7, 11) is -3.38. The van der Waals surface area contributed by atoms with Gasteiger partial charge in [0.2, 0.25) is 0 Å². The summed E-state index contributed by atoms with van der Waals surface area (Å²) in [6.07, 6.45) is 0.709. The van der Waals surface area contributed by atoms with Crippen molar-refractivity contribution in [2.75, 3.05) is 25.6 Å². The predicted molar refractivity (Wildman–Crippen MR) is 72.9 cm³/mol. The van der Waals surface area contributed by atoms with Gasteiger partial charge in [-0.25, -0.2) is 8.42 Å². The molecule has 0 radical (unpaired) electrons. The Morgan fingerprint density at radius 1 is 1.56 bits per heavy atom. The van der Waals surface area contributed by atoms with Crippen LogP contribution in [0.15, 0.2) is 16.3 Å². The van der Waals surface area contributed by atoms with E-state index in [2.05, 4.69) is 0 Å². The van der Waals surface area contributed by atoms with Crippen LogP contribution < -0.4 is 0 Å². The van der Waals surface area contributed by atoms with Crippen molar-refractivity contribution >= 4 is 33.0 Å². The van der Waals surface area contributed by atoms with E-state index < -0.39 is 10.0 Å². The number of sulfonamides is 1. The molecule has 1 unspecified atom stereocenters. The molecule has 0 N–H and O–H groups in total. The molecule has 0 bridgehead atoms. The van der Waals surface area contributed by atoms with Gasteiger partial charge in [-0.1, -0.05) is 0 Å². The molecule has 1 atom stereocenters. The molecule has 1 aromatic rings. The first-order chi connectivity index (χ1) is 8.55. The zero-order chi connectivity index (χ0) is 13.2. The fourth-order valence-electron chi connectivity index (χ4n) is 1.91. The van der Waals surface area contributed by atoms with Gasteiger partial charge in [-0.2, -0.15) is 4.31 Å². The molecular weight excluding hydrogens is 294 g/mol. The van der Waals surface area contributed by atoms with Crippen LogP contribution in [-0.4, -0.2) is 44.4 Å². The van der Waals surface area contributed by atoms with Crippen LogP contribution in [0.5, 0.6) is 0 Å². The highest BCUT2D eigenvalue weighted by atomic mass is 35.5. The van der Waals surface area contributed by atoms with Crippen molar-refractivity contribution < 1.29 is 13.2 Å². The van der Waals surface area contributed by atoms with E-state index in [9.17, 15) is 8.42 Å². The molecule has 0 aliphatic carbocycles. The van der Waals surface area contributed by atoms with Gasteiger partial charge in [0.15, 0.2) is 0 Å². The number of ether oxygens (including phenoxy) is 1. The van der Waals surface area contributed by atoms with Gasteiger partial charge in [-0.3, -0.25) is 0 Å². The zero-order valence-electron chi connectivity index (χ0n) is 10.1. The van der Waals surface area contributed by atoms with Crippen LogP contribution in [0.25, 0.3) is 0 Å². The van der Waals surface area contributed by atoms with Crippen LogP contribution in [0, 0.1) is 0 Å². The monoisotopic (exact) mass is 309 g/mol. The van der Waals surface area contributed by atoms with Gasteiger partial charge in [0.25, 0.3) is 10.0 Å². The first-order valence-corrected chi connectivity index (χ1v) is 8.59. The Kier molecular flexibility index (Phi) is 4.66. The summed E-state index contributed by atoms with van der Waals surface area (Å²) in [5.41, 5.74) is 0. The summed E-state index contributed by atoms with van der Waals surface area (Å²) in [4.78, 5) is 1.00. The SMILES string of the molecule is CC1COCCN1S(=O)(=O)c1ccc(CCCl)s1. The third-order valence-corrected chi connectivity index (χ3v) is 6.66. The first kappa shape index (κ1) is 14.3. The molecule has 0 aromatic carbocycles. The standard InChI is InChI=1S/C11H16ClNO3S2/c1-9-8-16-7-6-13(9)18(14,15)11-3-2-10(17-11)4-5-12/h2-3,9H,4-8H2,1H3. The number of nitrogens with zero attached hydrogens (tertiary/aromatic N) is 1. The van der Waals surface area contributed by atoms with Crippen molar-refractivity contribution in [3.05, 3.63) is 17.0 Å². The van der Waals surface area contributed by atoms with E-state index in [1.54, 1.807) is 6.07 Å². The Balaban J connectivity index is 2.23. The summed E-state index contributed by atoms with van der Waals surface area (Å²) in [6, 6.07) is 3.40. The fraction of sp³-hybridized carbons (Fsp3) is 0.636. The van der Waals surface area contributed by atoms with Crippen molar-refractivity contribution in [1.29, 1.82) is 0 Å². The molecule has 1 aromatic heterocycles. The van der Waals surface area contributed by atoms with Gasteiger partial charge < -0.3 is 4.74 Å². The topological polar surface area (TPSA) is 46.6 Å². The van der Waals surface area contributed by atoms with Crippen LogP contribution in [0.1, 0.15) is 11.8 Å². The number of hydrogen-bond donors (Lipinski definition) is 0. The Morgan fingerprint density at radius 3 is 3.00 bits per heavy atom. The average Bonchev–Trinajstić information content (AvgIpc) is 2.79. The molecule has 0 amide bonds. The van der Waals surface area contributed by atoms with E-state index >= 15 is 0 Å². The highest BCUT2D eigenvalue weighted by Crippen LogP contribution is 2.27. The number of morpholine rings is 1. The lowest BCUT2D eigenvalue weighted by Crippen LogP contribution is -2.46. The highest BCUT2D eigenvalue weighted by Gasteiger charge is 2.32. The predicted octanol–water partition coefficient (Wildman–Crippen LogP) is 1.94. The average molecular weight is 310 g/mol. The maximum absolute atomic E-state index is 12.5. The molecule has 1 aliphatic heterocycles. The summed E-state index contributed by atoms with van der Waals surface area (Å²) in [5.74, 6) is 0.508. The Morgan fingerprint density at radius 2 is 2.33 bits per heavy atom. The summed E-state index contributed by atoms with van der Waals surface area (Å²) in [6.45, 7) is 3.21. The normalized spacial score (nSPS) is 22.2. The van der Waals surface area contributed by atoms with E-state index in [4.69, 9.17) is 16.3 Å². The number of thiophene rings is 1. The molecule has 1 saturated heterocycles. The van der Waals surface area contributed by atoms with E-state index in [1.165, 1.54) is 15.6 Å². The molecule has 0 saturated carbocycles. The maximum Gasteiger partial charge on any atom is 0.252 e. The van der Waals surface area contributed by atoms with E-state index in [0.717, 1.165) is 4.88 Å². The summed E-state index contributed by atoms with van der Waals surface area (Å²) in [5, 5.41) is 0. The summed E-state index contributed by atoms with van der Waals surface area (Å²) >= 11 is 6.97. The first-order valence-electron chi connectivity index (χ1n) is 5.80. The lowest BCUT2D eigenvalue weighted by atomic mass is 10.3. The minimum Gasteiger partial charge on any atom is -0.378 e. The minimum absolute atomic E-state index is 0.109. The van der Waals surface area contributed by atoms with Gasteiger partial charge in [-0.15, -0.1) is 22.9 Å². The molecule has 7 heteroatoms.